The number of hydrogen-bond acceptors (Lipinski definition) is 5. The van der Waals surface area contributed by atoms with Crippen LogP contribution in [-0.4, -0.2) is 50.6 Å². The smallest absolute Gasteiger partial charge is 0.320 e. The van der Waals surface area contributed by atoms with Crippen LogP contribution in [0.3, 0.4) is 0 Å². The van der Waals surface area contributed by atoms with Crippen LogP contribution < -0.4 is 16.0 Å². The molecule has 3 N–H and O–H groups in total. The minimum Gasteiger partial charge on any atom is -0.341 e. The Morgan fingerprint density at radius 1 is 1.00 bits per heavy atom. The largest absolute Gasteiger partial charge is 0.341 e. The first-order chi connectivity index (χ1) is 17.0. The van der Waals surface area contributed by atoms with Crippen LogP contribution in [0.25, 0.3) is 0 Å². The maximum absolute atomic E-state index is 14.3. The lowest BCUT2D eigenvalue weighted by molar-refractivity contribution is -0.134. The molecule has 1 aliphatic heterocycles. The third-order valence-electron chi connectivity index (χ3n) is 5.59. The van der Waals surface area contributed by atoms with E-state index in [0.717, 1.165) is 25.3 Å². The molecule has 1 aromatic heterocycles. The molecule has 0 spiro atoms. The van der Waals surface area contributed by atoms with E-state index in [1.807, 2.05) is 6.07 Å². The van der Waals surface area contributed by atoms with Gasteiger partial charge in [0, 0.05) is 18.8 Å². The Labute approximate surface area is 201 Å². The molecule has 4 amide bonds. The second-order valence-corrected chi connectivity index (χ2v) is 8.16. The fraction of sp³-hybridized carbons (Fsp3) is 0.292. The second kappa shape index (κ2) is 11.2. The molecule has 0 saturated carbocycles. The Bertz CT molecular complexity index is 1170. The van der Waals surface area contributed by atoms with E-state index >= 15 is 0 Å². The first-order valence-corrected chi connectivity index (χ1v) is 11.3. The molecule has 0 radical (unpaired) electrons. The van der Waals surface area contributed by atoms with Gasteiger partial charge >= 0.3 is 6.03 Å². The van der Waals surface area contributed by atoms with Crippen molar-refractivity contribution in [2.75, 3.05) is 23.7 Å². The Balaban J connectivity index is 1.44. The molecule has 3 aromatic rings. The second-order valence-electron chi connectivity index (χ2n) is 8.16. The number of carbonyl (C=O) groups is 3. The van der Waals surface area contributed by atoms with Crippen LogP contribution in [0.15, 0.2) is 61.2 Å². The van der Waals surface area contributed by atoms with E-state index in [0.29, 0.717) is 18.7 Å². The molecule has 35 heavy (non-hydrogen) atoms. The van der Waals surface area contributed by atoms with Crippen molar-refractivity contribution in [3.8, 4) is 0 Å². The number of anilines is 2. The van der Waals surface area contributed by atoms with Gasteiger partial charge in [-0.15, -0.1) is 0 Å². The zero-order valence-electron chi connectivity index (χ0n) is 19.0. The van der Waals surface area contributed by atoms with E-state index in [1.165, 1.54) is 29.5 Å². The fourth-order valence-corrected chi connectivity index (χ4v) is 3.88. The van der Waals surface area contributed by atoms with Gasteiger partial charge in [-0.05, 0) is 43.0 Å². The number of carbonyl (C=O) groups excluding carboxylic acids is 3. The SMILES string of the molecule is O=C(Cn1cncn1)Nc1cc(NC(=O)NC(C(=O)N2CCCCC2)c2ccccc2)ccc1F. The van der Waals surface area contributed by atoms with Crippen molar-refractivity contribution in [1.82, 2.24) is 25.0 Å². The van der Waals surface area contributed by atoms with Crippen molar-refractivity contribution in [1.29, 1.82) is 0 Å². The van der Waals surface area contributed by atoms with E-state index < -0.39 is 23.8 Å². The van der Waals surface area contributed by atoms with E-state index in [1.54, 1.807) is 29.2 Å². The van der Waals surface area contributed by atoms with Gasteiger partial charge < -0.3 is 20.9 Å². The molecule has 2 aromatic carbocycles. The van der Waals surface area contributed by atoms with Gasteiger partial charge in [-0.25, -0.2) is 18.9 Å². The number of halogens is 1. The predicted molar refractivity (Wildman–Crippen MR) is 127 cm³/mol. The van der Waals surface area contributed by atoms with Crippen LogP contribution in [0.1, 0.15) is 30.9 Å². The normalized spacial score (nSPS) is 14.1. The number of urea groups is 1. The van der Waals surface area contributed by atoms with E-state index in [9.17, 15) is 18.8 Å². The lowest BCUT2D eigenvalue weighted by Crippen LogP contribution is -2.45. The molecule has 1 fully saturated rings. The number of piperidine rings is 1. The molecule has 2 heterocycles. The van der Waals surface area contributed by atoms with Crippen molar-refractivity contribution < 1.29 is 18.8 Å². The van der Waals surface area contributed by atoms with Crippen LogP contribution >= 0.6 is 0 Å². The summed E-state index contributed by atoms with van der Waals surface area (Å²) in [5.41, 5.74) is 0.813. The number of nitrogens with one attached hydrogen (secondary N) is 3. The third-order valence-corrected chi connectivity index (χ3v) is 5.59. The highest BCUT2D eigenvalue weighted by atomic mass is 19.1. The van der Waals surface area contributed by atoms with Gasteiger partial charge in [0.15, 0.2) is 0 Å². The summed E-state index contributed by atoms with van der Waals surface area (Å²) in [4.78, 5) is 43.7. The molecule has 182 valence electrons. The van der Waals surface area contributed by atoms with Gasteiger partial charge in [0.1, 0.15) is 31.1 Å². The Kier molecular flexibility index (Phi) is 7.66. The number of hydrogen-bond donors (Lipinski definition) is 3. The van der Waals surface area contributed by atoms with Crippen LogP contribution in [0.5, 0.6) is 0 Å². The number of rotatable bonds is 7. The monoisotopic (exact) mass is 479 g/mol. The standard InChI is InChI=1S/C24H26FN7O3/c25-19-10-9-18(13-20(19)29-21(33)14-32-16-26-15-27-32)28-24(35)30-22(17-7-3-1-4-8-17)23(34)31-11-5-2-6-12-31/h1,3-4,7-10,13,15-16,22H,2,5-6,11-12,14H2,(H,29,33)(H2,28,30,35). The van der Waals surface area contributed by atoms with Gasteiger partial charge in [-0.2, -0.15) is 5.10 Å². The Hall–Kier alpha value is -4.28. The van der Waals surface area contributed by atoms with Crippen molar-refractivity contribution >= 4 is 29.2 Å². The molecule has 11 heteroatoms. The van der Waals surface area contributed by atoms with E-state index in [2.05, 4.69) is 26.0 Å². The number of likely N-dealkylation sites (tertiary alicyclic amines) is 1. The minimum absolute atomic E-state index is 0.100. The quantitative estimate of drug-likeness (QED) is 0.481. The average Bonchev–Trinajstić information content (AvgIpc) is 3.38. The molecule has 0 aliphatic carbocycles. The number of amides is 4. The van der Waals surface area contributed by atoms with Gasteiger partial charge in [-0.1, -0.05) is 30.3 Å². The molecule has 0 bridgehead atoms. The van der Waals surface area contributed by atoms with Crippen molar-refractivity contribution in [3.05, 3.63) is 72.6 Å². The summed E-state index contributed by atoms with van der Waals surface area (Å²) in [6.07, 6.45) is 5.60. The molecular weight excluding hydrogens is 453 g/mol. The van der Waals surface area contributed by atoms with Crippen LogP contribution in [0, 0.1) is 5.82 Å². The summed E-state index contributed by atoms with van der Waals surface area (Å²) in [7, 11) is 0. The topological polar surface area (TPSA) is 121 Å². The molecule has 1 saturated heterocycles. The highest BCUT2D eigenvalue weighted by Crippen LogP contribution is 2.22. The van der Waals surface area contributed by atoms with E-state index in [-0.39, 0.29) is 23.8 Å². The number of benzene rings is 2. The van der Waals surface area contributed by atoms with Crippen molar-refractivity contribution in [2.24, 2.45) is 0 Å². The van der Waals surface area contributed by atoms with Gasteiger partial charge in [0.2, 0.25) is 11.8 Å². The number of nitrogens with zero attached hydrogens (tertiary/aromatic N) is 4. The van der Waals surface area contributed by atoms with Crippen LogP contribution in [-0.2, 0) is 16.1 Å². The Morgan fingerprint density at radius 2 is 1.77 bits per heavy atom. The van der Waals surface area contributed by atoms with Crippen LogP contribution in [0.4, 0.5) is 20.6 Å². The summed E-state index contributed by atoms with van der Waals surface area (Å²) < 4.78 is 15.6. The summed E-state index contributed by atoms with van der Waals surface area (Å²) in [5, 5.41) is 11.6. The van der Waals surface area contributed by atoms with Gasteiger partial charge in [0.25, 0.3) is 0 Å². The zero-order chi connectivity index (χ0) is 24.6. The Morgan fingerprint density at radius 3 is 2.49 bits per heavy atom. The third kappa shape index (κ3) is 6.40. The highest BCUT2D eigenvalue weighted by molar-refractivity contribution is 5.96. The van der Waals surface area contributed by atoms with Crippen molar-refractivity contribution in [2.45, 2.75) is 31.8 Å². The zero-order valence-corrected chi connectivity index (χ0v) is 19.0. The maximum Gasteiger partial charge on any atom is 0.320 e. The fourth-order valence-electron chi connectivity index (χ4n) is 3.88. The molecule has 1 unspecified atom stereocenters. The molecule has 1 atom stereocenters. The summed E-state index contributed by atoms with van der Waals surface area (Å²) >= 11 is 0. The first kappa shape index (κ1) is 23.9. The summed E-state index contributed by atoms with van der Waals surface area (Å²) in [6, 6.07) is 11.3. The lowest BCUT2D eigenvalue weighted by atomic mass is 10.0. The van der Waals surface area contributed by atoms with Crippen molar-refractivity contribution in [3.63, 3.8) is 0 Å². The highest BCUT2D eigenvalue weighted by Gasteiger charge is 2.28. The predicted octanol–water partition coefficient (Wildman–Crippen LogP) is 2.93. The van der Waals surface area contributed by atoms with Gasteiger partial charge in [-0.3, -0.25) is 9.59 Å². The maximum atomic E-state index is 14.3. The van der Waals surface area contributed by atoms with E-state index in [4.69, 9.17) is 0 Å². The number of aromatic nitrogens is 3. The average molecular weight is 480 g/mol. The molecule has 10 nitrogen and oxygen atoms in total. The lowest BCUT2D eigenvalue weighted by Gasteiger charge is -2.31. The summed E-state index contributed by atoms with van der Waals surface area (Å²) in [6.45, 7) is 1.16. The summed E-state index contributed by atoms with van der Waals surface area (Å²) in [5.74, 6) is -1.34. The first-order valence-electron chi connectivity index (χ1n) is 11.3. The van der Waals surface area contributed by atoms with Crippen LogP contribution in [0.2, 0.25) is 0 Å². The van der Waals surface area contributed by atoms with Gasteiger partial charge in [0.05, 0.1) is 5.69 Å². The minimum atomic E-state index is -0.864. The molecule has 4 rings (SSSR count). The molecule has 1 aliphatic rings. The molecular formula is C24H26FN7O3.